The number of nitrogens with zero attached hydrogens (tertiary/aromatic N) is 1. The molecule has 0 spiro atoms. The molecule has 0 aliphatic heterocycles. The van der Waals surface area contributed by atoms with E-state index in [-0.39, 0.29) is 22.8 Å². The van der Waals surface area contributed by atoms with Gasteiger partial charge in [0.2, 0.25) is 0 Å². The first-order chi connectivity index (χ1) is 8.59. The lowest BCUT2D eigenvalue weighted by molar-refractivity contribution is -0.137. The number of thioether (sulfide) groups is 1. The number of anilines is 1. The van der Waals surface area contributed by atoms with E-state index in [1.54, 1.807) is 0 Å². The number of alkyl halides is 6. The highest BCUT2D eigenvalue weighted by Crippen LogP contribution is 2.35. The summed E-state index contributed by atoms with van der Waals surface area (Å²) >= 11 is 2.54. The maximum atomic E-state index is 12.6. The van der Waals surface area contributed by atoms with Crippen molar-refractivity contribution in [3.05, 3.63) is 22.3 Å². The predicted octanol–water partition coefficient (Wildman–Crippen LogP) is 4.53. The van der Waals surface area contributed by atoms with Gasteiger partial charge in [0.15, 0.2) is 0 Å². The monoisotopic (exact) mass is 368 g/mol. The molecule has 1 N–H and O–H groups in total. The summed E-state index contributed by atoms with van der Waals surface area (Å²) in [5.74, 6) is -0.892. The number of hydrogen-bond acceptors (Lipinski definition) is 3. The van der Waals surface area contributed by atoms with Crippen molar-refractivity contribution < 1.29 is 26.3 Å². The molecule has 0 amide bonds. The third kappa shape index (κ3) is 5.89. The minimum atomic E-state index is -4.63. The van der Waals surface area contributed by atoms with Crippen LogP contribution in [0.2, 0.25) is 0 Å². The summed E-state index contributed by atoms with van der Waals surface area (Å²) in [7, 11) is 0. The van der Waals surface area contributed by atoms with E-state index in [4.69, 9.17) is 0 Å². The molecule has 0 aliphatic rings. The van der Waals surface area contributed by atoms with Gasteiger partial charge in [-0.3, -0.25) is 0 Å². The van der Waals surface area contributed by atoms with E-state index in [2.05, 4.69) is 26.2 Å². The molecule has 1 aromatic rings. The van der Waals surface area contributed by atoms with Gasteiger partial charge in [0.05, 0.1) is 5.56 Å². The first-order valence-corrected chi connectivity index (χ1v) is 6.55. The Morgan fingerprint density at radius 3 is 2.37 bits per heavy atom. The van der Waals surface area contributed by atoms with Crippen LogP contribution < -0.4 is 5.32 Å². The number of rotatable bonds is 4. The quantitative estimate of drug-likeness (QED) is 0.624. The van der Waals surface area contributed by atoms with Crippen LogP contribution in [-0.2, 0) is 6.18 Å². The lowest BCUT2D eigenvalue weighted by atomic mass is 10.2. The molecule has 0 aromatic carbocycles. The van der Waals surface area contributed by atoms with Gasteiger partial charge in [0.1, 0.15) is 5.82 Å². The molecule has 19 heavy (non-hydrogen) atoms. The molecular weight excluding hydrogens is 362 g/mol. The summed E-state index contributed by atoms with van der Waals surface area (Å²) in [5, 5.41) is 2.25. The van der Waals surface area contributed by atoms with Crippen LogP contribution in [0.5, 0.6) is 0 Å². The molecule has 0 atom stereocenters. The van der Waals surface area contributed by atoms with Gasteiger partial charge in [0.25, 0.3) is 0 Å². The summed E-state index contributed by atoms with van der Waals surface area (Å²) in [6, 6.07) is 0.812. The fraction of sp³-hybridized carbons (Fsp3) is 0.444. The molecule has 1 rings (SSSR count). The molecule has 0 bridgehead atoms. The van der Waals surface area contributed by atoms with Crippen LogP contribution in [0.15, 0.2) is 16.7 Å². The molecule has 0 radical (unpaired) electrons. The fourth-order valence-corrected chi connectivity index (χ4v) is 1.90. The molecule has 0 saturated carbocycles. The highest BCUT2D eigenvalue weighted by atomic mass is 79.9. The Bertz CT molecular complexity index is 434. The SMILES string of the molecule is FC(F)(F)SCCNc1ncc(Br)cc1C(F)(F)F. The zero-order chi connectivity index (χ0) is 14.7. The maximum Gasteiger partial charge on any atom is 0.441 e. The third-order valence-corrected chi connectivity index (χ3v) is 2.99. The number of aromatic nitrogens is 1. The van der Waals surface area contributed by atoms with Crippen molar-refractivity contribution in [2.75, 3.05) is 17.6 Å². The number of pyridine rings is 1. The van der Waals surface area contributed by atoms with E-state index in [0.29, 0.717) is 0 Å². The Balaban J connectivity index is 2.68. The maximum absolute atomic E-state index is 12.6. The van der Waals surface area contributed by atoms with Crippen LogP contribution in [0.4, 0.5) is 32.2 Å². The second-order valence-electron chi connectivity index (χ2n) is 3.27. The highest BCUT2D eigenvalue weighted by molar-refractivity contribution is 9.10. The first-order valence-electron chi connectivity index (χ1n) is 4.77. The summed E-state index contributed by atoms with van der Waals surface area (Å²) in [5.41, 5.74) is -5.43. The van der Waals surface area contributed by atoms with Crippen LogP contribution in [-0.4, -0.2) is 22.8 Å². The van der Waals surface area contributed by atoms with E-state index in [0.717, 1.165) is 12.3 Å². The predicted molar refractivity (Wildman–Crippen MR) is 63.9 cm³/mol. The summed E-state index contributed by atoms with van der Waals surface area (Å²) in [6.45, 7) is -0.276. The fourth-order valence-electron chi connectivity index (χ4n) is 1.13. The van der Waals surface area contributed by atoms with Crippen LogP contribution in [0, 0.1) is 0 Å². The lowest BCUT2D eigenvalue weighted by Crippen LogP contribution is -2.15. The smallest absolute Gasteiger partial charge is 0.369 e. The number of hydrogen-bond donors (Lipinski definition) is 1. The van der Waals surface area contributed by atoms with Gasteiger partial charge >= 0.3 is 11.7 Å². The lowest BCUT2D eigenvalue weighted by Gasteiger charge is -2.14. The average Bonchev–Trinajstić information content (AvgIpc) is 2.23. The van der Waals surface area contributed by atoms with E-state index in [1.165, 1.54) is 0 Å². The van der Waals surface area contributed by atoms with Gasteiger partial charge in [-0.1, -0.05) is 0 Å². The molecule has 0 unspecified atom stereocenters. The van der Waals surface area contributed by atoms with Crippen molar-refractivity contribution in [3.63, 3.8) is 0 Å². The van der Waals surface area contributed by atoms with Crippen molar-refractivity contribution >= 4 is 33.5 Å². The van der Waals surface area contributed by atoms with Crippen LogP contribution in [0.3, 0.4) is 0 Å². The zero-order valence-corrected chi connectivity index (χ0v) is 11.5. The van der Waals surface area contributed by atoms with E-state index < -0.39 is 28.8 Å². The van der Waals surface area contributed by atoms with Gasteiger partial charge in [-0.15, -0.1) is 0 Å². The Hall–Kier alpha value is -0.640. The molecule has 1 aromatic heterocycles. The van der Waals surface area contributed by atoms with Crippen LogP contribution >= 0.6 is 27.7 Å². The average molecular weight is 369 g/mol. The Morgan fingerprint density at radius 2 is 1.84 bits per heavy atom. The Morgan fingerprint density at radius 1 is 1.21 bits per heavy atom. The van der Waals surface area contributed by atoms with E-state index in [1.807, 2.05) is 0 Å². The second kappa shape index (κ2) is 6.21. The Kier molecular flexibility index (Phi) is 5.36. The Labute approximate surface area is 117 Å². The molecule has 10 heteroatoms. The van der Waals surface area contributed by atoms with Gasteiger partial charge in [-0.2, -0.15) is 26.3 Å². The van der Waals surface area contributed by atoms with Crippen molar-refractivity contribution in [1.29, 1.82) is 0 Å². The van der Waals surface area contributed by atoms with Gasteiger partial charge in [0, 0.05) is 23.0 Å². The van der Waals surface area contributed by atoms with Gasteiger partial charge in [-0.05, 0) is 33.8 Å². The molecule has 1 heterocycles. The largest absolute Gasteiger partial charge is 0.441 e. The molecule has 0 fully saturated rings. The van der Waals surface area contributed by atoms with E-state index in [9.17, 15) is 26.3 Å². The second-order valence-corrected chi connectivity index (χ2v) is 5.34. The first kappa shape index (κ1) is 16.4. The standard InChI is InChI=1S/C9H7BrF6N2S/c10-5-3-6(8(11,12)13)7(18-4-5)17-1-2-19-9(14,15)16/h3-4H,1-2H2,(H,17,18). The molecular formula is C9H7BrF6N2S. The van der Waals surface area contributed by atoms with Crippen molar-refractivity contribution in [2.45, 2.75) is 11.7 Å². The third-order valence-electron chi connectivity index (χ3n) is 1.82. The van der Waals surface area contributed by atoms with Gasteiger partial charge < -0.3 is 5.32 Å². The van der Waals surface area contributed by atoms with Crippen molar-refractivity contribution in [1.82, 2.24) is 4.98 Å². The highest BCUT2D eigenvalue weighted by Gasteiger charge is 2.34. The number of halogens is 7. The molecule has 0 saturated heterocycles. The van der Waals surface area contributed by atoms with Crippen molar-refractivity contribution in [3.8, 4) is 0 Å². The minimum absolute atomic E-state index is 0.134. The normalized spacial score (nSPS) is 12.6. The topological polar surface area (TPSA) is 24.9 Å². The summed E-state index contributed by atoms with van der Waals surface area (Å²) in [6.07, 6.45) is -3.50. The molecule has 0 aliphatic carbocycles. The minimum Gasteiger partial charge on any atom is -0.369 e. The van der Waals surface area contributed by atoms with E-state index >= 15 is 0 Å². The summed E-state index contributed by atoms with van der Waals surface area (Å²) < 4.78 is 73.6. The van der Waals surface area contributed by atoms with Crippen LogP contribution in [0.25, 0.3) is 0 Å². The van der Waals surface area contributed by atoms with Gasteiger partial charge in [-0.25, -0.2) is 4.98 Å². The zero-order valence-electron chi connectivity index (χ0n) is 9.07. The molecule has 2 nitrogen and oxygen atoms in total. The van der Waals surface area contributed by atoms with Crippen molar-refractivity contribution in [2.24, 2.45) is 0 Å². The summed E-state index contributed by atoms with van der Waals surface area (Å²) in [4.78, 5) is 3.51. The number of nitrogens with one attached hydrogen (secondary N) is 1. The molecule has 108 valence electrons. The van der Waals surface area contributed by atoms with Crippen LogP contribution in [0.1, 0.15) is 5.56 Å².